The van der Waals surface area contributed by atoms with Gasteiger partial charge in [-0.3, -0.25) is 4.79 Å². The molecule has 2 fully saturated rings. The molecule has 3 rings (SSSR count). The van der Waals surface area contributed by atoms with Crippen LogP contribution in [0.25, 0.3) is 0 Å². The van der Waals surface area contributed by atoms with Crippen LogP contribution in [0.5, 0.6) is 5.75 Å². The summed E-state index contributed by atoms with van der Waals surface area (Å²) in [4.78, 5) is 14.8. The van der Waals surface area contributed by atoms with Crippen LogP contribution in [-0.4, -0.2) is 44.1 Å². The van der Waals surface area contributed by atoms with Crippen molar-refractivity contribution in [2.24, 2.45) is 5.92 Å². The maximum Gasteiger partial charge on any atom is 0.230 e. The zero-order valence-electron chi connectivity index (χ0n) is 12.0. The van der Waals surface area contributed by atoms with Crippen molar-refractivity contribution in [3.05, 3.63) is 29.8 Å². The largest absolute Gasteiger partial charge is 0.497 e. The van der Waals surface area contributed by atoms with Crippen LogP contribution in [0.1, 0.15) is 24.3 Å². The fourth-order valence-electron chi connectivity index (χ4n) is 2.94. The monoisotopic (exact) mass is 274 g/mol. The Morgan fingerprint density at radius 3 is 2.45 bits per heavy atom. The molecule has 1 amide bonds. The molecule has 1 saturated heterocycles. The SMILES string of the molecule is COc1ccc(C(C(=O)N2CCNCC2)C2CC2)cc1. The first-order valence-corrected chi connectivity index (χ1v) is 7.43. The second kappa shape index (κ2) is 5.83. The summed E-state index contributed by atoms with van der Waals surface area (Å²) < 4.78 is 5.20. The van der Waals surface area contributed by atoms with Crippen LogP contribution >= 0.6 is 0 Å². The van der Waals surface area contributed by atoms with E-state index in [1.165, 1.54) is 12.8 Å². The van der Waals surface area contributed by atoms with Gasteiger partial charge < -0.3 is 15.0 Å². The van der Waals surface area contributed by atoms with Crippen LogP contribution in [0.2, 0.25) is 0 Å². The summed E-state index contributed by atoms with van der Waals surface area (Å²) in [7, 11) is 1.67. The number of methoxy groups -OCH3 is 1. The average molecular weight is 274 g/mol. The fourth-order valence-corrected chi connectivity index (χ4v) is 2.94. The quantitative estimate of drug-likeness (QED) is 0.907. The van der Waals surface area contributed by atoms with Gasteiger partial charge in [0.1, 0.15) is 5.75 Å². The van der Waals surface area contributed by atoms with Crippen molar-refractivity contribution in [2.45, 2.75) is 18.8 Å². The molecule has 4 heteroatoms. The Morgan fingerprint density at radius 1 is 1.25 bits per heavy atom. The number of hydrogen-bond donors (Lipinski definition) is 1. The average Bonchev–Trinajstić information content (AvgIpc) is 3.34. The minimum absolute atomic E-state index is 0.0407. The highest BCUT2D eigenvalue weighted by molar-refractivity contribution is 5.84. The van der Waals surface area contributed by atoms with E-state index in [0.29, 0.717) is 11.8 Å². The van der Waals surface area contributed by atoms with Gasteiger partial charge in [0.2, 0.25) is 5.91 Å². The molecule has 20 heavy (non-hydrogen) atoms. The van der Waals surface area contributed by atoms with Gasteiger partial charge in [0.25, 0.3) is 0 Å². The van der Waals surface area contributed by atoms with E-state index in [-0.39, 0.29) is 5.92 Å². The third kappa shape index (κ3) is 2.80. The van der Waals surface area contributed by atoms with Gasteiger partial charge in [0, 0.05) is 26.2 Å². The van der Waals surface area contributed by atoms with Crippen molar-refractivity contribution in [1.82, 2.24) is 10.2 Å². The molecule has 0 spiro atoms. The van der Waals surface area contributed by atoms with E-state index >= 15 is 0 Å². The molecule has 1 aromatic carbocycles. The van der Waals surface area contributed by atoms with Crippen LogP contribution in [0.15, 0.2) is 24.3 Å². The predicted molar refractivity (Wildman–Crippen MR) is 77.9 cm³/mol. The molecular weight excluding hydrogens is 252 g/mol. The first-order chi connectivity index (χ1) is 9.79. The van der Waals surface area contributed by atoms with Gasteiger partial charge in [-0.15, -0.1) is 0 Å². The maximum absolute atomic E-state index is 12.8. The summed E-state index contributed by atoms with van der Waals surface area (Å²) >= 11 is 0. The number of hydrogen-bond acceptors (Lipinski definition) is 3. The molecule has 2 aliphatic rings. The van der Waals surface area contributed by atoms with Gasteiger partial charge in [-0.2, -0.15) is 0 Å². The third-order valence-corrected chi connectivity index (χ3v) is 4.26. The summed E-state index contributed by atoms with van der Waals surface area (Å²) in [6.07, 6.45) is 2.35. The summed E-state index contributed by atoms with van der Waals surface area (Å²) in [5.41, 5.74) is 1.14. The smallest absolute Gasteiger partial charge is 0.230 e. The lowest BCUT2D eigenvalue weighted by atomic mass is 9.92. The molecule has 1 aliphatic heterocycles. The predicted octanol–water partition coefficient (Wildman–Crippen LogP) is 1.62. The molecule has 1 heterocycles. The Balaban J connectivity index is 1.78. The number of piperazine rings is 1. The molecule has 1 atom stereocenters. The van der Waals surface area contributed by atoms with Crippen LogP contribution in [-0.2, 0) is 4.79 Å². The minimum atomic E-state index is 0.0407. The van der Waals surface area contributed by atoms with Crippen LogP contribution in [0.3, 0.4) is 0 Å². The topological polar surface area (TPSA) is 41.6 Å². The van der Waals surface area contributed by atoms with E-state index in [1.54, 1.807) is 7.11 Å². The zero-order valence-corrected chi connectivity index (χ0v) is 12.0. The Morgan fingerprint density at radius 2 is 1.90 bits per heavy atom. The first-order valence-electron chi connectivity index (χ1n) is 7.43. The van der Waals surface area contributed by atoms with Crippen molar-refractivity contribution in [3.8, 4) is 5.75 Å². The van der Waals surface area contributed by atoms with E-state index in [1.807, 2.05) is 29.2 Å². The second-order valence-corrected chi connectivity index (χ2v) is 5.66. The molecule has 0 aromatic heterocycles. The third-order valence-electron chi connectivity index (χ3n) is 4.26. The summed E-state index contributed by atoms with van der Waals surface area (Å²) in [6, 6.07) is 8.00. The summed E-state index contributed by atoms with van der Waals surface area (Å²) in [5.74, 6) is 1.72. The number of nitrogens with zero attached hydrogens (tertiary/aromatic N) is 1. The van der Waals surface area contributed by atoms with Crippen molar-refractivity contribution in [2.75, 3.05) is 33.3 Å². The molecule has 0 bridgehead atoms. The van der Waals surface area contributed by atoms with Crippen LogP contribution in [0.4, 0.5) is 0 Å². The summed E-state index contributed by atoms with van der Waals surface area (Å²) in [5, 5.41) is 3.30. The molecule has 0 radical (unpaired) electrons. The highest BCUT2D eigenvalue weighted by Crippen LogP contribution is 2.43. The van der Waals surface area contributed by atoms with Gasteiger partial charge in [0.05, 0.1) is 13.0 Å². The van der Waals surface area contributed by atoms with Gasteiger partial charge >= 0.3 is 0 Å². The van der Waals surface area contributed by atoms with Gasteiger partial charge in [0.15, 0.2) is 0 Å². The van der Waals surface area contributed by atoms with Crippen LogP contribution < -0.4 is 10.1 Å². The number of rotatable bonds is 4. The number of carbonyl (C=O) groups is 1. The minimum Gasteiger partial charge on any atom is -0.497 e. The number of benzene rings is 1. The van der Waals surface area contributed by atoms with Gasteiger partial charge in [-0.25, -0.2) is 0 Å². The molecule has 1 N–H and O–H groups in total. The Labute approximate surface area is 120 Å². The van der Waals surface area contributed by atoms with Crippen molar-refractivity contribution in [1.29, 1.82) is 0 Å². The number of carbonyl (C=O) groups excluding carboxylic acids is 1. The second-order valence-electron chi connectivity index (χ2n) is 5.66. The first kappa shape index (κ1) is 13.4. The molecule has 1 aliphatic carbocycles. The molecule has 1 aromatic rings. The van der Waals surface area contributed by atoms with Crippen molar-refractivity contribution >= 4 is 5.91 Å². The molecule has 4 nitrogen and oxygen atoms in total. The number of ether oxygens (including phenoxy) is 1. The van der Waals surface area contributed by atoms with E-state index < -0.39 is 0 Å². The van der Waals surface area contributed by atoms with E-state index in [4.69, 9.17) is 4.74 Å². The molecule has 1 saturated carbocycles. The van der Waals surface area contributed by atoms with Gasteiger partial charge in [-0.1, -0.05) is 12.1 Å². The van der Waals surface area contributed by atoms with E-state index in [9.17, 15) is 4.79 Å². The van der Waals surface area contributed by atoms with E-state index in [2.05, 4.69) is 5.32 Å². The number of nitrogens with one attached hydrogen (secondary N) is 1. The van der Waals surface area contributed by atoms with Gasteiger partial charge in [-0.05, 0) is 36.5 Å². The maximum atomic E-state index is 12.8. The normalized spacial score (nSPS) is 20.6. The molecule has 1 unspecified atom stereocenters. The Bertz CT molecular complexity index is 462. The van der Waals surface area contributed by atoms with Crippen molar-refractivity contribution in [3.63, 3.8) is 0 Å². The zero-order chi connectivity index (χ0) is 13.9. The van der Waals surface area contributed by atoms with Crippen LogP contribution in [0, 0.1) is 5.92 Å². The number of amides is 1. The Kier molecular flexibility index (Phi) is 3.92. The highest BCUT2D eigenvalue weighted by Gasteiger charge is 2.39. The summed E-state index contributed by atoms with van der Waals surface area (Å²) in [6.45, 7) is 3.48. The highest BCUT2D eigenvalue weighted by atomic mass is 16.5. The fraction of sp³-hybridized carbons (Fsp3) is 0.562. The lowest BCUT2D eigenvalue weighted by Gasteiger charge is -2.31. The Hall–Kier alpha value is -1.55. The lowest BCUT2D eigenvalue weighted by Crippen LogP contribution is -2.48. The molecule has 108 valence electrons. The van der Waals surface area contributed by atoms with E-state index in [0.717, 1.165) is 37.5 Å². The molecular formula is C16H22N2O2. The standard InChI is InChI=1S/C16H22N2O2/c1-20-14-6-4-13(5-7-14)15(12-2-3-12)16(19)18-10-8-17-9-11-18/h4-7,12,15,17H,2-3,8-11H2,1H3. The van der Waals surface area contributed by atoms with Crippen molar-refractivity contribution < 1.29 is 9.53 Å². The lowest BCUT2D eigenvalue weighted by molar-refractivity contribution is -0.133.